The molecule has 2 rings (SSSR count). The number of carboxylic acid groups (broad SMARTS) is 1. The molecule has 1 saturated carbocycles. The minimum Gasteiger partial charge on any atom is -0.481 e. The Balaban J connectivity index is 1.78. The molecule has 0 aliphatic heterocycles. The van der Waals surface area contributed by atoms with E-state index >= 15 is 0 Å². The average Bonchev–Trinajstić information content (AvgIpc) is 3.00. The van der Waals surface area contributed by atoms with Crippen molar-refractivity contribution in [2.24, 2.45) is 5.41 Å². The predicted octanol–water partition coefficient (Wildman–Crippen LogP) is 1.42. The van der Waals surface area contributed by atoms with Crippen LogP contribution in [0.4, 0.5) is 0 Å². The van der Waals surface area contributed by atoms with Crippen LogP contribution in [0.1, 0.15) is 38.5 Å². The van der Waals surface area contributed by atoms with Crippen LogP contribution in [0.15, 0.2) is 18.5 Å². The van der Waals surface area contributed by atoms with Crippen LogP contribution in [0.2, 0.25) is 0 Å². The molecule has 6 nitrogen and oxygen atoms in total. The number of aliphatic carboxylic acids is 1. The second-order valence-corrected chi connectivity index (χ2v) is 5.57. The fourth-order valence-electron chi connectivity index (χ4n) is 3.01. The number of aromatic nitrogens is 2. The van der Waals surface area contributed by atoms with E-state index in [1.54, 1.807) is 10.9 Å². The number of carboxylic acids is 1. The molecule has 6 heteroatoms. The number of amides is 1. The molecule has 1 amide bonds. The molecule has 1 aromatic heterocycles. The molecule has 0 unspecified atom stereocenters. The van der Waals surface area contributed by atoms with E-state index in [4.69, 9.17) is 5.11 Å². The normalized spacial score (nSPS) is 17.0. The summed E-state index contributed by atoms with van der Waals surface area (Å²) in [5, 5.41) is 15.9. The van der Waals surface area contributed by atoms with E-state index in [-0.39, 0.29) is 17.7 Å². The molecule has 1 aliphatic carbocycles. The van der Waals surface area contributed by atoms with Crippen molar-refractivity contribution in [1.82, 2.24) is 15.1 Å². The van der Waals surface area contributed by atoms with Crippen molar-refractivity contribution in [1.29, 1.82) is 0 Å². The van der Waals surface area contributed by atoms with Gasteiger partial charge in [-0.1, -0.05) is 12.8 Å². The quantitative estimate of drug-likeness (QED) is 0.790. The lowest BCUT2D eigenvalue weighted by Crippen LogP contribution is -2.33. The van der Waals surface area contributed by atoms with Gasteiger partial charge in [-0.3, -0.25) is 14.3 Å². The third-order valence-electron chi connectivity index (χ3n) is 3.95. The predicted molar refractivity (Wildman–Crippen MR) is 73.0 cm³/mol. The van der Waals surface area contributed by atoms with Crippen molar-refractivity contribution in [3.63, 3.8) is 0 Å². The minimum atomic E-state index is -0.809. The Morgan fingerprint density at radius 2 is 2.05 bits per heavy atom. The van der Waals surface area contributed by atoms with Gasteiger partial charge in [0.15, 0.2) is 0 Å². The van der Waals surface area contributed by atoms with E-state index in [1.165, 1.54) is 0 Å². The highest BCUT2D eigenvalue weighted by Crippen LogP contribution is 2.43. The summed E-state index contributed by atoms with van der Waals surface area (Å²) in [6, 6.07) is 1.84. The van der Waals surface area contributed by atoms with Crippen LogP contribution in [0, 0.1) is 5.41 Å². The van der Waals surface area contributed by atoms with Crippen molar-refractivity contribution in [2.45, 2.75) is 45.1 Å². The van der Waals surface area contributed by atoms with Crippen LogP contribution in [-0.4, -0.2) is 33.3 Å². The Morgan fingerprint density at radius 3 is 2.65 bits per heavy atom. The van der Waals surface area contributed by atoms with Gasteiger partial charge in [0.05, 0.1) is 13.0 Å². The van der Waals surface area contributed by atoms with Gasteiger partial charge in [0.1, 0.15) is 0 Å². The lowest BCUT2D eigenvalue weighted by Gasteiger charge is -2.26. The number of hydrogen-bond donors (Lipinski definition) is 2. The lowest BCUT2D eigenvalue weighted by atomic mass is 9.79. The second-order valence-electron chi connectivity index (χ2n) is 5.57. The van der Waals surface area contributed by atoms with E-state index in [0.29, 0.717) is 19.5 Å². The average molecular weight is 279 g/mol. The molecular weight excluding hydrogens is 258 g/mol. The van der Waals surface area contributed by atoms with Gasteiger partial charge in [0, 0.05) is 25.4 Å². The van der Waals surface area contributed by atoms with Crippen molar-refractivity contribution >= 4 is 11.9 Å². The maximum atomic E-state index is 12.0. The van der Waals surface area contributed by atoms with Gasteiger partial charge in [-0.15, -0.1) is 0 Å². The highest BCUT2D eigenvalue weighted by Gasteiger charge is 2.37. The van der Waals surface area contributed by atoms with E-state index in [1.807, 2.05) is 12.3 Å². The number of rotatable bonds is 7. The molecule has 0 bridgehead atoms. The highest BCUT2D eigenvalue weighted by atomic mass is 16.4. The van der Waals surface area contributed by atoms with Crippen molar-refractivity contribution in [3.05, 3.63) is 18.5 Å². The monoisotopic (exact) mass is 279 g/mol. The van der Waals surface area contributed by atoms with Crippen molar-refractivity contribution < 1.29 is 14.7 Å². The van der Waals surface area contributed by atoms with Crippen LogP contribution in [0.25, 0.3) is 0 Å². The largest absolute Gasteiger partial charge is 0.481 e. The molecule has 0 atom stereocenters. The molecule has 1 aliphatic rings. The number of nitrogens with zero attached hydrogens (tertiary/aromatic N) is 2. The molecule has 1 fully saturated rings. The molecule has 110 valence electrons. The summed E-state index contributed by atoms with van der Waals surface area (Å²) in [7, 11) is 0. The van der Waals surface area contributed by atoms with Crippen LogP contribution in [0.3, 0.4) is 0 Å². The first-order valence-electron chi connectivity index (χ1n) is 7.06. The number of nitrogens with one attached hydrogen (secondary N) is 1. The first-order chi connectivity index (χ1) is 9.60. The van der Waals surface area contributed by atoms with Gasteiger partial charge in [0.2, 0.25) is 5.91 Å². The Kier molecular flexibility index (Phi) is 4.76. The van der Waals surface area contributed by atoms with Gasteiger partial charge in [-0.25, -0.2) is 0 Å². The smallest absolute Gasteiger partial charge is 0.303 e. The molecule has 0 saturated heterocycles. The zero-order valence-corrected chi connectivity index (χ0v) is 11.5. The van der Waals surface area contributed by atoms with Crippen LogP contribution < -0.4 is 5.32 Å². The first-order valence-corrected chi connectivity index (χ1v) is 7.06. The van der Waals surface area contributed by atoms with Gasteiger partial charge in [0.25, 0.3) is 0 Å². The Labute approximate surface area is 118 Å². The lowest BCUT2D eigenvalue weighted by molar-refractivity contribution is -0.140. The zero-order chi connectivity index (χ0) is 14.4. The number of carbonyl (C=O) groups is 2. The zero-order valence-electron chi connectivity index (χ0n) is 11.5. The van der Waals surface area contributed by atoms with Gasteiger partial charge < -0.3 is 10.4 Å². The molecule has 0 radical (unpaired) electrons. The summed E-state index contributed by atoms with van der Waals surface area (Å²) in [6.07, 6.45) is 7.68. The molecule has 0 aromatic carbocycles. The molecule has 2 N–H and O–H groups in total. The first kappa shape index (κ1) is 14.6. The molecule has 20 heavy (non-hydrogen) atoms. The Bertz CT molecular complexity index is 450. The number of hydrogen-bond acceptors (Lipinski definition) is 3. The van der Waals surface area contributed by atoms with E-state index in [9.17, 15) is 9.59 Å². The van der Waals surface area contributed by atoms with Gasteiger partial charge in [-0.2, -0.15) is 5.10 Å². The van der Waals surface area contributed by atoms with Crippen molar-refractivity contribution in [2.75, 3.05) is 6.54 Å². The van der Waals surface area contributed by atoms with Gasteiger partial charge >= 0.3 is 5.97 Å². The van der Waals surface area contributed by atoms with Crippen LogP contribution in [-0.2, 0) is 16.1 Å². The standard InChI is InChI=1S/C14H21N3O3/c18-12(15-7-9-17-8-3-6-16-17)10-14(11-13(19)20)4-1-2-5-14/h3,6,8H,1-2,4-5,7,9-11H2,(H,15,18)(H,19,20). The second kappa shape index (κ2) is 6.54. The third-order valence-corrected chi connectivity index (χ3v) is 3.95. The maximum Gasteiger partial charge on any atom is 0.303 e. The fraction of sp³-hybridized carbons (Fsp3) is 0.643. The summed E-state index contributed by atoms with van der Waals surface area (Å²) in [4.78, 5) is 22.9. The maximum absolute atomic E-state index is 12.0. The number of carbonyl (C=O) groups excluding carboxylic acids is 1. The van der Waals surface area contributed by atoms with Crippen molar-refractivity contribution in [3.8, 4) is 0 Å². The van der Waals surface area contributed by atoms with E-state index in [0.717, 1.165) is 25.7 Å². The molecular formula is C14H21N3O3. The SMILES string of the molecule is O=C(O)CC1(CC(=O)NCCn2cccn2)CCCC1. The Morgan fingerprint density at radius 1 is 1.30 bits per heavy atom. The van der Waals surface area contributed by atoms with Crippen LogP contribution >= 0.6 is 0 Å². The van der Waals surface area contributed by atoms with Gasteiger partial charge in [-0.05, 0) is 24.3 Å². The Hall–Kier alpha value is -1.85. The molecule has 1 heterocycles. The molecule has 1 aromatic rings. The minimum absolute atomic E-state index is 0.0553. The van der Waals surface area contributed by atoms with E-state index in [2.05, 4.69) is 10.4 Å². The highest BCUT2D eigenvalue weighted by molar-refractivity contribution is 5.78. The topological polar surface area (TPSA) is 84.2 Å². The summed E-state index contributed by atoms with van der Waals surface area (Å²) in [6.45, 7) is 1.15. The summed E-state index contributed by atoms with van der Waals surface area (Å²) in [5.41, 5.74) is -0.332. The summed E-state index contributed by atoms with van der Waals surface area (Å²) >= 11 is 0. The van der Waals surface area contributed by atoms with Crippen LogP contribution in [0.5, 0.6) is 0 Å². The third kappa shape index (κ3) is 4.08. The summed E-state index contributed by atoms with van der Waals surface area (Å²) < 4.78 is 1.75. The summed E-state index contributed by atoms with van der Waals surface area (Å²) in [5.74, 6) is -0.864. The fourth-order valence-corrected chi connectivity index (χ4v) is 3.01. The van der Waals surface area contributed by atoms with E-state index < -0.39 is 5.97 Å². The molecule has 0 spiro atoms.